The van der Waals surface area contributed by atoms with Gasteiger partial charge in [-0.1, -0.05) is 35.6 Å². The Hall–Kier alpha value is -1.94. The fourth-order valence-corrected chi connectivity index (χ4v) is 2.56. The minimum atomic E-state index is -0.344. The number of carbonyl (C=O) groups is 1. The Morgan fingerprint density at radius 2 is 1.94 bits per heavy atom. The molecule has 0 saturated carbocycles. The molecule has 3 nitrogen and oxygen atoms in total. The van der Waals surface area contributed by atoms with E-state index in [1.54, 1.807) is 6.07 Å². The molecule has 0 fully saturated rings. The van der Waals surface area contributed by atoms with Gasteiger partial charge in [-0.15, -0.1) is 0 Å². The minimum Gasteiger partial charge on any atom is -0.413 e. The molecule has 4 heteroatoms. The van der Waals surface area contributed by atoms with Gasteiger partial charge < -0.3 is 4.42 Å². The van der Waals surface area contributed by atoms with E-state index in [1.165, 1.54) is 0 Å². The maximum Gasteiger partial charge on any atom is 0.396 e. The summed E-state index contributed by atoms with van der Waals surface area (Å²) in [4.78, 5) is 21.8. The number of aldehydes is 1. The van der Waals surface area contributed by atoms with Crippen molar-refractivity contribution in [3.8, 4) is 0 Å². The third-order valence-electron chi connectivity index (χ3n) is 2.50. The Morgan fingerprint density at radius 1 is 1.19 bits per heavy atom. The average molecular weight is 230 g/mol. The summed E-state index contributed by atoms with van der Waals surface area (Å²) in [6.45, 7) is 0. The lowest BCUT2D eigenvalue weighted by molar-refractivity contribution is 0.112. The highest BCUT2D eigenvalue weighted by atomic mass is 32.1. The van der Waals surface area contributed by atoms with Gasteiger partial charge in [-0.3, -0.25) is 4.79 Å². The fraction of sp³-hybridized carbons (Fsp3) is 0. The van der Waals surface area contributed by atoms with Crippen LogP contribution in [0.4, 0.5) is 0 Å². The largest absolute Gasteiger partial charge is 0.413 e. The van der Waals surface area contributed by atoms with Gasteiger partial charge in [-0.05, 0) is 11.5 Å². The Labute approximate surface area is 93.9 Å². The Balaban J connectivity index is 2.66. The van der Waals surface area contributed by atoms with Crippen molar-refractivity contribution >= 4 is 38.7 Å². The predicted molar refractivity (Wildman–Crippen MR) is 63.3 cm³/mol. The molecule has 0 bridgehead atoms. The van der Waals surface area contributed by atoms with Gasteiger partial charge in [0.25, 0.3) is 0 Å². The van der Waals surface area contributed by atoms with Gasteiger partial charge in [0, 0.05) is 10.9 Å². The monoisotopic (exact) mass is 230 g/mol. The van der Waals surface area contributed by atoms with Crippen molar-refractivity contribution in [3.05, 3.63) is 45.6 Å². The van der Waals surface area contributed by atoms with E-state index in [1.807, 2.05) is 24.3 Å². The molecule has 1 aromatic heterocycles. The molecule has 0 radical (unpaired) electrons. The second kappa shape index (κ2) is 3.28. The number of hydrogen-bond donors (Lipinski definition) is 0. The van der Waals surface area contributed by atoms with Crippen LogP contribution >= 0.6 is 11.3 Å². The first-order valence-corrected chi connectivity index (χ1v) is 5.52. The Bertz CT molecular complexity index is 752. The number of rotatable bonds is 1. The SMILES string of the molecule is O=Cc1cc2sc(=O)oc2c2ccccc12. The second-order valence-corrected chi connectivity index (χ2v) is 4.39. The zero-order valence-electron chi connectivity index (χ0n) is 8.10. The van der Waals surface area contributed by atoms with Crippen molar-refractivity contribution in [3.63, 3.8) is 0 Å². The molecule has 0 unspecified atom stereocenters. The van der Waals surface area contributed by atoms with Crippen LogP contribution in [0.2, 0.25) is 0 Å². The van der Waals surface area contributed by atoms with Crippen LogP contribution in [0.25, 0.3) is 21.1 Å². The Kier molecular flexibility index (Phi) is 1.91. The third-order valence-corrected chi connectivity index (χ3v) is 3.27. The van der Waals surface area contributed by atoms with Gasteiger partial charge in [-0.25, -0.2) is 4.79 Å². The molecule has 3 aromatic rings. The average Bonchev–Trinajstić information content (AvgIpc) is 2.68. The maximum atomic E-state index is 11.2. The first-order chi connectivity index (χ1) is 7.79. The number of fused-ring (bicyclic) bond motifs is 3. The molecule has 3 rings (SSSR count). The molecular weight excluding hydrogens is 224 g/mol. The molecule has 16 heavy (non-hydrogen) atoms. The van der Waals surface area contributed by atoms with Crippen LogP contribution in [0.1, 0.15) is 10.4 Å². The van der Waals surface area contributed by atoms with Crippen molar-refractivity contribution in [2.24, 2.45) is 0 Å². The lowest BCUT2D eigenvalue weighted by Crippen LogP contribution is -1.83. The van der Waals surface area contributed by atoms with Crippen LogP contribution < -0.4 is 4.94 Å². The molecule has 0 amide bonds. The fourth-order valence-electron chi connectivity index (χ4n) is 1.82. The van der Waals surface area contributed by atoms with E-state index in [0.717, 1.165) is 28.4 Å². The van der Waals surface area contributed by atoms with Crippen LogP contribution in [0, 0.1) is 0 Å². The molecular formula is C12H6O3S. The lowest BCUT2D eigenvalue weighted by Gasteiger charge is -2.00. The van der Waals surface area contributed by atoms with Crippen molar-refractivity contribution in [2.45, 2.75) is 0 Å². The van der Waals surface area contributed by atoms with E-state index < -0.39 is 0 Å². The quantitative estimate of drug-likeness (QED) is 0.604. The Morgan fingerprint density at radius 3 is 2.69 bits per heavy atom. The van der Waals surface area contributed by atoms with E-state index in [2.05, 4.69) is 0 Å². The van der Waals surface area contributed by atoms with E-state index in [0.29, 0.717) is 15.8 Å². The van der Waals surface area contributed by atoms with Gasteiger partial charge in [-0.2, -0.15) is 0 Å². The summed E-state index contributed by atoms with van der Waals surface area (Å²) in [5.74, 6) is 0. The first-order valence-electron chi connectivity index (χ1n) is 4.70. The summed E-state index contributed by atoms with van der Waals surface area (Å²) >= 11 is 1.02. The lowest BCUT2D eigenvalue weighted by atomic mass is 10.1. The molecule has 0 aliphatic rings. The molecule has 0 spiro atoms. The third kappa shape index (κ3) is 1.20. The topological polar surface area (TPSA) is 47.3 Å². The van der Waals surface area contributed by atoms with Crippen molar-refractivity contribution in [2.75, 3.05) is 0 Å². The summed E-state index contributed by atoms with van der Waals surface area (Å²) in [6, 6.07) is 9.09. The summed E-state index contributed by atoms with van der Waals surface area (Å²) < 4.78 is 5.84. The zero-order valence-corrected chi connectivity index (χ0v) is 8.91. The number of benzene rings is 2. The highest BCUT2D eigenvalue weighted by molar-refractivity contribution is 7.16. The van der Waals surface area contributed by atoms with Gasteiger partial charge >= 0.3 is 4.94 Å². The zero-order chi connectivity index (χ0) is 11.1. The van der Waals surface area contributed by atoms with Crippen LogP contribution in [0.5, 0.6) is 0 Å². The normalized spacial score (nSPS) is 11.0. The molecule has 0 saturated heterocycles. The van der Waals surface area contributed by atoms with Gasteiger partial charge in [0.2, 0.25) is 0 Å². The molecule has 0 aliphatic carbocycles. The minimum absolute atomic E-state index is 0.344. The summed E-state index contributed by atoms with van der Waals surface area (Å²) in [5.41, 5.74) is 1.15. The second-order valence-electron chi connectivity index (χ2n) is 3.41. The van der Waals surface area contributed by atoms with E-state index in [4.69, 9.17) is 4.42 Å². The van der Waals surface area contributed by atoms with E-state index >= 15 is 0 Å². The summed E-state index contributed by atoms with van der Waals surface area (Å²) in [5, 5.41) is 1.62. The smallest absolute Gasteiger partial charge is 0.396 e. The van der Waals surface area contributed by atoms with E-state index in [-0.39, 0.29) is 4.94 Å². The molecule has 0 aliphatic heterocycles. The first kappa shape index (κ1) is 9.30. The number of hydrogen-bond acceptors (Lipinski definition) is 4. The number of carbonyl (C=O) groups excluding carboxylic acids is 1. The highest BCUT2D eigenvalue weighted by Gasteiger charge is 2.10. The van der Waals surface area contributed by atoms with Crippen LogP contribution in [-0.2, 0) is 0 Å². The predicted octanol–water partition coefficient (Wildman–Crippen LogP) is 2.82. The van der Waals surface area contributed by atoms with Crippen molar-refractivity contribution in [1.82, 2.24) is 0 Å². The molecule has 1 heterocycles. The molecule has 0 atom stereocenters. The summed E-state index contributed by atoms with van der Waals surface area (Å²) in [6.07, 6.45) is 0.798. The van der Waals surface area contributed by atoms with Crippen LogP contribution in [0.3, 0.4) is 0 Å². The molecule has 2 aromatic carbocycles. The standard InChI is InChI=1S/C12H6O3S/c13-6-7-5-10-11(15-12(14)16-10)9-4-2-1-3-8(7)9/h1-6H. The van der Waals surface area contributed by atoms with Crippen LogP contribution in [-0.4, -0.2) is 6.29 Å². The summed E-state index contributed by atoms with van der Waals surface area (Å²) in [7, 11) is 0. The van der Waals surface area contributed by atoms with Crippen LogP contribution in [0.15, 0.2) is 39.5 Å². The van der Waals surface area contributed by atoms with Crippen molar-refractivity contribution in [1.29, 1.82) is 0 Å². The van der Waals surface area contributed by atoms with E-state index in [9.17, 15) is 9.59 Å². The highest BCUT2D eigenvalue weighted by Crippen LogP contribution is 2.29. The van der Waals surface area contributed by atoms with Gasteiger partial charge in [0.1, 0.15) is 0 Å². The van der Waals surface area contributed by atoms with Gasteiger partial charge in [0.05, 0.1) is 4.70 Å². The maximum absolute atomic E-state index is 11.2. The van der Waals surface area contributed by atoms with Crippen molar-refractivity contribution < 1.29 is 9.21 Å². The molecule has 78 valence electrons. The van der Waals surface area contributed by atoms with Gasteiger partial charge in [0.15, 0.2) is 11.9 Å². The molecule has 0 N–H and O–H groups in total.